The highest BCUT2D eigenvalue weighted by Crippen LogP contribution is 2.40. The van der Waals surface area contributed by atoms with E-state index < -0.39 is 0 Å². The first-order chi connectivity index (χ1) is 8.81. The third-order valence-corrected chi connectivity index (χ3v) is 4.65. The number of thiazole rings is 1. The summed E-state index contributed by atoms with van der Waals surface area (Å²) >= 11 is 3.22. The molecule has 0 radical (unpaired) electrons. The molecule has 0 atom stereocenters. The Balaban J connectivity index is 1.50. The van der Waals surface area contributed by atoms with Crippen LogP contribution in [0, 0.1) is 0 Å². The molecule has 0 saturated heterocycles. The second-order valence-corrected chi connectivity index (χ2v) is 6.37. The molecule has 0 unspecified atom stereocenters. The largest absolute Gasteiger partial charge is 0.302 e. The molecule has 1 amide bonds. The van der Waals surface area contributed by atoms with Gasteiger partial charge in [-0.1, -0.05) is 6.07 Å². The van der Waals surface area contributed by atoms with Crippen molar-refractivity contribution >= 4 is 33.7 Å². The predicted molar refractivity (Wildman–Crippen MR) is 75.4 cm³/mol. The van der Waals surface area contributed by atoms with E-state index in [2.05, 4.69) is 21.7 Å². The topological polar surface area (TPSA) is 42.0 Å². The van der Waals surface area contributed by atoms with Gasteiger partial charge in [-0.3, -0.25) is 4.79 Å². The van der Waals surface area contributed by atoms with Crippen LogP contribution in [0.15, 0.2) is 22.9 Å². The van der Waals surface area contributed by atoms with Gasteiger partial charge in [0.15, 0.2) is 5.13 Å². The summed E-state index contributed by atoms with van der Waals surface area (Å²) < 4.78 is 0. The van der Waals surface area contributed by atoms with Gasteiger partial charge in [0, 0.05) is 22.6 Å². The van der Waals surface area contributed by atoms with Gasteiger partial charge in [-0.25, -0.2) is 4.98 Å². The molecule has 2 aromatic heterocycles. The Morgan fingerprint density at radius 2 is 2.33 bits per heavy atom. The van der Waals surface area contributed by atoms with Gasteiger partial charge in [0.25, 0.3) is 0 Å². The number of hydrogen-bond acceptors (Lipinski definition) is 4. The number of aromatic nitrogens is 1. The molecule has 0 aromatic carbocycles. The number of anilines is 1. The van der Waals surface area contributed by atoms with Crippen molar-refractivity contribution in [2.24, 2.45) is 0 Å². The number of hydrogen-bond donors (Lipinski definition) is 1. The average molecular weight is 278 g/mol. The van der Waals surface area contributed by atoms with E-state index in [1.807, 2.05) is 11.4 Å². The van der Waals surface area contributed by atoms with Crippen LogP contribution in [0.25, 0.3) is 0 Å². The van der Waals surface area contributed by atoms with Crippen molar-refractivity contribution in [1.29, 1.82) is 0 Å². The van der Waals surface area contributed by atoms with Crippen LogP contribution in [0.3, 0.4) is 0 Å². The van der Waals surface area contributed by atoms with Gasteiger partial charge in [0.2, 0.25) is 5.91 Å². The van der Waals surface area contributed by atoms with Crippen molar-refractivity contribution in [2.45, 2.75) is 31.6 Å². The summed E-state index contributed by atoms with van der Waals surface area (Å²) in [5.74, 6) is 0.707. The first-order valence-electron chi connectivity index (χ1n) is 6.09. The number of carbonyl (C=O) groups excluding carboxylic acids is 1. The van der Waals surface area contributed by atoms with Crippen LogP contribution in [0.5, 0.6) is 0 Å². The van der Waals surface area contributed by atoms with Gasteiger partial charge in [0.05, 0.1) is 5.69 Å². The number of amides is 1. The van der Waals surface area contributed by atoms with E-state index in [0.717, 1.165) is 17.2 Å². The van der Waals surface area contributed by atoms with Crippen LogP contribution in [-0.4, -0.2) is 10.9 Å². The standard InChI is InChI=1S/C13H14N2OS2/c16-12(6-5-10-2-1-7-17-10)15-13-14-11(8-18-13)9-3-4-9/h1-2,7-9H,3-6H2,(H,14,15,16). The zero-order valence-corrected chi connectivity index (χ0v) is 11.5. The number of carbonyl (C=O) groups is 1. The summed E-state index contributed by atoms with van der Waals surface area (Å²) in [5, 5.41) is 7.72. The monoisotopic (exact) mass is 278 g/mol. The van der Waals surface area contributed by atoms with E-state index in [1.54, 1.807) is 11.3 Å². The molecule has 3 rings (SSSR count). The second kappa shape index (κ2) is 5.20. The molecule has 1 aliphatic carbocycles. The highest BCUT2D eigenvalue weighted by atomic mass is 32.1. The molecule has 1 N–H and O–H groups in total. The zero-order chi connectivity index (χ0) is 12.4. The lowest BCUT2D eigenvalue weighted by molar-refractivity contribution is -0.116. The third-order valence-electron chi connectivity index (χ3n) is 2.94. The molecule has 1 aliphatic rings. The van der Waals surface area contributed by atoms with Crippen LogP contribution in [0.1, 0.15) is 35.8 Å². The summed E-state index contributed by atoms with van der Waals surface area (Å²) in [6.45, 7) is 0. The van der Waals surface area contributed by atoms with Gasteiger partial charge >= 0.3 is 0 Å². The van der Waals surface area contributed by atoms with Gasteiger partial charge in [-0.15, -0.1) is 22.7 Å². The molecule has 0 bridgehead atoms. The molecule has 2 heterocycles. The lowest BCUT2D eigenvalue weighted by Gasteiger charge is -2.00. The van der Waals surface area contributed by atoms with E-state index in [4.69, 9.17) is 0 Å². The Kier molecular flexibility index (Phi) is 3.43. The van der Waals surface area contributed by atoms with Crippen molar-refractivity contribution in [2.75, 3.05) is 5.32 Å². The minimum atomic E-state index is 0.0556. The SMILES string of the molecule is O=C(CCc1cccs1)Nc1nc(C2CC2)cs1. The van der Waals surface area contributed by atoms with Crippen molar-refractivity contribution < 1.29 is 4.79 Å². The fourth-order valence-electron chi connectivity index (χ4n) is 1.78. The average Bonchev–Trinajstić information content (AvgIpc) is 2.90. The number of aryl methyl sites for hydroxylation is 1. The minimum Gasteiger partial charge on any atom is -0.302 e. The molecule has 94 valence electrons. The zero-order valence-electron chi connectivity index (χ0n) is 9.89. The Labute approximate surface area is 114 Å². The van der Waals surface area contributed by atoms with Crippen LogP contribution in [0.2, 0.25) is 0 Å². The normalized spacial score (nSPS) is 14.7. The quantitative estimate of drug-likeness (QED) is 0.907. The Hall–Kier alpha value is -1.20. The minimum absolute atomic E-state index is 0.0556. The number of rotatable bonds is 5. The molecule has 1 saturated carbocycles. The second-order valence-electron chi connectivity index (χ2n) is 4.48. The lowest BCUT2D eigenvalue weighted by atomic mass is 10.2. The van der Waals surface area contributed by atoms with E-state index in [0.29, 0.717) is 12.3 Å². The summed E-state index contributed by atoms with van der Waals surface area (Å²) in [6, 6.07) is 4.08. The molecule has 0 spiro atoms. The Morgan fingerprint density at radius 1 is 1.44 bits per heavy atom. The van der Waals surface area contributed by atoms with Gasteiger partial charge in [-0.2, -0.15) is 0 Å². The smallest absolute Gasteiger partial charge is 0.226 e. The first kappa shape index (κ1) is 11.9. The van der Waals surface area contributed by atoms with Crippen LogP contribution >= 0.6 is 22.7 Å². The summed E-state index contributed by atoms with van der Waals surface area (Å²) in [4.78, 5) is 17.5. The fourth-order valence-corrected chi connectivity index (χ4v) is 3.30. The highest BCUT2D eigenvalue weighted by molar-refractivity contribution is 7.14. The first-order valence-corrected chi connectivity index (χ1v) is 7.85. The van der Waals surface area contributed by atoms with Gasteiger partial charge in [0.1, 0.15) is 0 Å². The summed E-state index contributed by atoms with van der Waals surface area (Å²) in [7, 11) is 0. The van der Waals surface area contributed by atoms with Gasteiger partial charge < -0.3 is 5.32 Å². The van der Waals surface area contributed by atoms with Crippen molar-refractivity contribution in [3.05, 3.63) is 33.5 Å². The molecular formula is C13H14N2OS2. The van der Waals surface area contributed by atoms with Crippen LogP contribution in [-0.2, 0) is 11.2 Å². The van der Waals surface area contributed by atoms with E-state index in [-0.39, 0.29) is 5.91 Å². The summed E-state index contributed by atoms with van der Waals surface area (Å²) in [5.41, 5.74) is 1.15. The lowest BCUT2D eigenvalue weighted by Crippen LogP contribution is -2.11. The fraction of sp³-hybridized carbons (Fsp3) is 0.385. The Morgan fingerprint density at radius 3 is 3.06 bits per heavy atom. The van der Waals surface area contributed by atoms with Crippen molar-refractivity contribution in [1.82, 2.24) is 4.98 Å². The molecule has 3 nitrogen and oxygen atoms in total. The predicted octanol–water partition coefficient (Wildman–Crippen LogP) is 3.65. The molecular weight excluding hydrogens is 264 g/mol. The molecule has 1 fully saturated rings. The van der Waals surface area contributed by atoms with E-state index in [1.165, 1.54) is 29.1 Å². The number of nitrogens with one attached hydrogen (secondary N) is 1. The number of nitrogens with zero attached hydrogens (tertiary/aromatic N) is 1. The third kappa shape index (κ3) is 2.97. The molecule has 18 heavy (non-hydrogen) atoms. The van der Waals surface area contributed by atoms with Gasteiger partial charge in [-0.05, 0) is 30.7 Å². The van der Waals surface area contributed by atoms with Crippen LogP contribution < -0.4 is 5.32 Å². The van der Waals surface area contributed by atoms with Crippen LogP contribution in [0.4, 0.5) is 5.13 Å². The molecule has 0 aliphatic heterocycles. The molecule has 2 aromatic rings. The van der Waals surface area contributed by atoms with Crippen molar-refractivity contribution in [3.8, 4) is 0 Å². The van der Waals surface area contributed by atoms with E-state index in [9.17, 15) is 4.79 Å². The summed E-state index contributed by atoms with van der Waals surface area (Å²) in [6.07, 6.45) is 3.83. The Bertz CT molecular complexity index is 529. The van der Waals surface area contributed by atoms with E-state index >= 15 is 0 Å². The molecule has 5 heteroatoms. The maximum absolute atomic E-state index is 11.8. The highest BCUT2D eigenvalue weighted by Gasteiger charge is 2.26. The number of thiophene rings is 1. The van der Waals surface area contributed by atoms with Crippen molar-refractivity contribution in [3.63, 3.8) is 0 Å². The maximum Gasteiger partial charge on any atom is 0.226 e. The maximum atomic E-state index is 11.8.